The number of carbonyl (C=O) groups is 1. The number of furan rings is 1. The third-order valence-electron chi connectivity index (χ3n) is 4.12. The number of nitrogens with one attached hydrogen (secondary N) is 1. The highest BCUT2D eigenvalue weighted by Gasteiger charge is 2.27. The summed E-state index contributed by atoms with van der Waals surface area (Å²) in [4.78, 5) is 12.3. The number of amides is 1. The van der Waals surface area contributed by atoms with Crippen molar-refractivity contribution in [2.75, 3.05) is 6.54 Å². The molecule has 2 aromatic rings. The van der Waals surface area contributed by atoms with Gasteiger partial charge in [-0.3, -0.25) is 4.79 Å². The molecule has 4 nitrogen and oxygen atoms in total. The van der Waals surface area contributed by atoms with Crippen molar-refractivity contribution in [2.45, 2.75) is 38.7 Å². The third-order valence-corrected chi connectivity index (χ3v) is 4.12. The van der Waals surface area contributed by atoms with Crippen LogP contribution in [0.5, 0.6) is 0 Å². The first-order valence-electron chi connectivity index (χ1n) is 7.98. The van der Waals surface area contributed by atoms with Crippen LogP contribution in [0.15, 0.2) is 53.1 Å². The summed E-state index contributed by atoms with van der Waals surface area (Å²) in [6, 6.07) is 13.5. The Hall–Kier alpha value is -2.07. The smallest absolute Gasteiger partial charge is 0.220 e. The van der Waals surface area contributed by atoms with Crippen molar-refractivity contribution in [3.8, 4) is 0 Å². The van der Waals surface area contributed by atoms with E-state index in [2.05, 4.69) is 31.3 Å². The van der Waals surface area contributed by atoms with E-state index in [4.69, 9.17) is 4.42 Å². The largest absolute Gasteiger partial charge is 0.466 e. The van der Waals surface area contributed by atoms with Gasteiger partial charge in [-0.05, 0) is 36.5 Å². The molecule has 1 heterocycles. The zero-order chi connectivity index (χ0) is 16.9. The first-order valence-corrected chi connectivity index (χ1v) is 7.98. The second kappa shape index (κ2) is 7.47. The Labute approximate surface area is 137 Å². The lowest BCUT2D eigenvalue weighted by atomic mass is 9.85. The SMILES string of the molecule is CC(C)C(CC(=O)NCC(C)(O)c1ccco1)c1ccccc1. The van der Waals surface area contributed by atoms with Crippen LogP contribution in [-0.4, -0.2) is 17.6 Å². The molecule has 4 heteroatoms. The van der Waals surface area contributed by atoms with E-state index in [1.807, 2.05) is 18.2 Å². The van der Waals surface area contributed by atoms with Crippen LogP contribution in [0.3, 0.4) is 0 Å². The fraction of sp³-hybridized carbons (Fsp3) is 0.421. The van der Waals surface area contributed by atoms with Gasteiger partial charge >= 0.3 is 0 Å². The summed E-state index contributed by atoms with van der Waals surface area (Å²) >= 11 is 0. The van der Waals surface area contributed by atoms with E-state index in [9.17, 15) is 9.90 Å². The van der Waals surface area contributed by atoms with E-state index < -0.39 is 5.60 Å². The normalized spacial score (nSPS) is 15.2. The van der Waals surface area contributed by atoms with E-state index >= 15 is 0 Å². The lowest BCUT2D eigenvalue weighted by molar-refractivity contribution is -0.123. The van der Waals surface area contributed by atoms with Crippen LogP contribution in [0.25, 0.3) is 0 Å². The van der Waals surface area contributed by atoms with Gasteiger partial charge in [-0.1, -0.05) is 44.2 Å². The average Bonchev–Trinajstić information content (AvgIpc) is 3.06. The Morgan fingerprint density at radius 2 is 1.91 bits per heavy atom. The molecule has 2 unspecified atom stereocenters. The van der Waals surface area contributed by atoms with E-state index in [0.29, 0.717) is 18.1 Å². The minimum Gasteiger partial charge on any atom is -0.466 e. The van der Waals surface area contributed by atoms with Gasteiger partial charge in [0.15, 0.2) is 0 Å². The standard InChI is InChI=1S/C19H25NO3/c1-14(2)16(15-8-5-4-6-9-15)12-18(21)20-13-19(3,22)17-10-7-11-23-17/h4-11,14,16,22H,12-13H2,1-3H3,(H,20,21). The molecule has 2 N–H and O–H groups in total. The molecule has 0 saturated carbocycles. The van der Waals surface area contributed by atoms with Gasteiger partial charge in [0.1, 0.15) is 11.4 Å². The lowest BCUT2D eigenvalue weighted by Gasteiger charge is -2.24. The molecule has 2 atom stereocenters. The molecule has 0 aliphatic carbocycles. The number of hydrogen-bond acceptors (Lipinski definition) is 3. The molecular formula is C19H25NO3. The summed E-state index contributed by atoms with van der Waals surface area (Å²) in [5.74, 6) is 0.888. The number of benzene rings is 1. The zero-order valence-corrected chi connectivity index (χ0v) is 14.0. The van der Waals surface area contributed by atoms with Crippen LogP contribution in [0.1, 0.15) is 44.4 Å². The molecule has 0 spiro atoms. The Bertz CT molecular complexity index is 603. The lowest BCUT2D eigenvalue weighted by Crippen LogP contribution is -2.39. The van der Waals surface area contributed by atoms with Crippen molar-refractivity contribution in [3.63, 3.8) is 0 Å². The molecule has 0 aliphatic rings. The van der Waals surface area contributed by atoms with Crippen LogP contribution in [0, 0.1) is 5.92 Å². The van der Waals surface area contributed by atoms with Crippen molar-refractivity contribution >= 4 is 5.91 Å². The van der Waals surface area contributed by atoms with E-state index in [-0.39, 0.29) is 18.4 Å². The summed E-state index contributed by atoms with van der Waals surface area (Å²) in [5.41, 5.74) is -0.0466. The number of carbonyl (C=O) groups excluding carboxylic acids is 1. The third kappa shape index (κ3) is 4.70. The maximum Gasteiger partial charge on any atom is 0.220 e. The maximum atomic E-state index is 12.3. The van der Waals surface area contributed by atoms with Gasteiger partial charge in [-0.2, -0.15) is 0 Å². The average molecular weight is 315 g/mol. The number of rotatable bonds is 7. The Morgan fingerprint density at radius 3 is 2.48 bits per heavy atom. The predicted octanol–water partition coefficient (Wildman–Crippen LogP) is 3.43. The van der Waals surface area contributed by atoms with E-state index in [0.717, 1.165) is 5.56 Å². The van der Waals surface area contributed by atoms with Crippen molar-refractivity contribution in [1.29, 1.82) is 0 Å². The van der Waals surface area contributed by atoms with Crippen LogP contribution in [0.2, 0.25) is 0 Å². The Morgan fingerprint density at radius 1 is 1.22 bits per heavy atom. The quantitative estimate of drug-likeness (QED) is 0.823. The fourth-order valence-electron chi connectivity index (χ4n) is 2.65. The van der Waals surface area contributed by atoms with Gasteiger partial charge in [-0.25, -0.2) is 0 Å². The van der Waals surface area contributed by atoms with Gasteiger partial charge in [0, 0.05) is 6.42 Å². The van der Waals surface area contributed by atoms with Gasteiger partial charge in [0.2, 0.25) is 5.91 Å². The van der Waals surface area contributed by atoms with Crippen molar-refractivity contribution < 1.29 is 14.3 Å². The van der Waals surface area contributed by atoms with Gasteiger partial charge < -0.3 is 14.8 Å². The summed E-state index contributed by atoms with van der Waals surface area (Å²) in [7, 11) is 0. The molecule has 124 valence electrons. The molecule has 1 aromatic carbocycles. The molecule has 0 fully saturated rings. The Balaban J connectivity index is 1.95. The van der Waals surface area contributed by atoms with E-state index in [1.165, 1.54) is 6.26 Å². The summed E-state index contributed by atoms with van der Waals surface area (Å²) in [6.45, 7) is 5.98. The zero-order valence-electron chi connectivity index (χ0n) is 14.0. The molecule has 23 heavy (non-hydrogen) atoms. The first-order chi connectivity index (χ1) is 10.9. The second-order valence-corrected chi connectivity index (χ2v) is 6.49. The summed E-state index contributed by atoms with van der Waals surface area (Å²) in [6.07, 6.45) is 1.91. The van der Waals surface area contributed by atoms with Crippen molar-refractivity contribution in [3.05, 3.63) is 60.1 Å². The van der Waals surface area contributed by atoms with Crippen LogP contribution in [0.4, 0.5) is 0 Å². The predicted molar refractivity (Wildman–Crippen MR) is 89.9 cm³/mol. The summed E-state index contributed by atoms with van der Waals surface area (Å²) in [5, 5.41) is 13.2. The monoisotopic (exact) mass is 315 g/mol. The first kappa shape index (κ1) is 17.3. The van der Waals surface area contributed by atoms with Crippen LogP contribution >= 0.6 is 0 Å². The van der Waals surface area contributed by atoms with Gasteiger partial charge in [-0.15, -0.1) is 0 Å². The molecule has 0 bridgehead atoms. The number of hydrogen-bond donors (Lipinski definition) is 2. The van der Waals surface area contributed by atoms with Gasteiger partial charge in [0.25, 0.3) is 0 Å². The van der Waals surface area contributed by atoms with Gasteiger partial charge in [0.05, 0.1) is 12.8 Å². The molecule has 0 saturated heterocycles. The Kier molecular flexibility index (Phi) is 5.61. The highest BCUT2D eigenvalue weighted by Crippen LogP contribution is 2.28. The van der Waals surface area contributed by atoms with E-state index in [1.54, 1.807) is 19.1 Å². The molecule has 2 rings (SSSR count). The van der Waals surface area contributed by atoms with Crippen LogP contribution < -0.4 is 5.32 Å². The summed E-state index contributed by atoms with van der Waals surface area (Å²) < 4.78 is 5.22. The highest BCUT2D eigenvalue weighted by atomic mass is 16.4. The molecular weight excluding hydrogens is 290 g/mol. The highest BCUT2D eigenvalue weighted by molar-refractivity contribution is 5.77. The molecule has 0 aliphatic heterocycles. The fourth-order valence-corrected chi connectivity index (χ4v) is 2.65. The molecule has 1 aromatic heterocycles. The van der Waals surface area contributed by atoms with Crippen LogP contribution in [-0.2, 0) is 10.4 Å². The minimum atomic E-state index is -1.21. The number of aliphatic hydroxyl groups is 1. The maximum absolute atomic E-state index is 12.3. The second-order valence-electron chi connectivity index (χ2n) is 6.49. The molecule has 0 radical (unpaired) electrons. The van der Waals surface area contributed by atoms with Crippen molar-refractivity contribution in [2.24, 2.45) is 5.92 Å². The van der Waals surface area contributed by atoms with Crippen molar-refractivity contribution in [1.82, 2.24) is 5.32 Å². The molecule has 1 amide bonds. The topological polar surface area (TPSA) is 62.5 Å². The minimum absolute atomic E-state index is 0.0700.